The van der Waals surface area contributed by atoms with Crippen molar-refractivity contribution < 1.29 is 14.7 Å². The summed E-state index contributed by atoms with van der Waals surface area (Å²) >= 11 is 1.59. The number of amides is 2. The predicted octanol–water partition coefficient (Wildman–Crippen LogP) is 2.78. The number of hydrogen-bond acceptors (Lipinski definition) is 3. The van der Waals surface area contributed by atoms with E-state index in [4.69, 9.17) is 5.11 Å². The van der Waals surface area contributed by atoms with Gasteiger partial charge in [0.2, 0.25) is 0 Å². The minimum atomic E-state index is -0.920. The predicted molar refractivity (Wildman–Crippen MR) is 76.7 cm³/mol. The van der Waals surface area contributed by atoms with Gasteiger partial charge in [0, 0.05) is 16.6 Å². The Morgan fingerprint density at radius 3 is 2.74 bits per heavy atom. The first kappa shape index (κ1) is 15.4. The molecule has 0 aromatic heterocycles. The molecule has 2 amide bonds. The Balaban J connectivity index is 2.56. The van der Waals surface area contributed by atoms with Crippen molar-refractivity contribution in [1.29, 1.82) is 0 Å². The third-order valence-corrected chi connectivity index (χ3v) is 3.30. The van der Waals surface area contributed by atoms with E-state index in [1.807, 2.05) is 31.4 Å². The topological polar surface area (TPSA) is 78.4 Å². The van der Waals surface area contributed by atoms with Gasteiger partial charge < -0.3 is 15.7 Å². The van der Waals surface area contributed by atoms with E-state index in [9.17, 15) is 9.59 Å². The van der Waals surface area contributed by atoms with Crippen molar-refractivity contribution in [2.75, 3.05) is 11.6 Å². The number of carbonyl (C=O) groups is 2. The number of carbonyl (C=O) groups excluding carboxylic acids is 1. The summed E-state index contributed by atoms with van der Waals surface area (Å²) in [6, 6.07) is 6.72. The van der Waals surface area contributed by atoms with Gasteiger partial charge in [-0.15, -0.1) is 11.8 Å². The Morgan fingerprint density at radius 1 is 1.42 bits per heavy atom. The molecule has 1 unspecified atom stereocenters. The Bertz CT molecular complexity index is 451. The van der Waals surface area contributed by atoms with E-state index in [0.29, 0.717) is 12.1 Å². The summed E-state index contributed by atoms with van der Waals surface area (Å²) < 4.78 is 0. The number of urea groups is 1. The van der Waals surface area contributed by atoms with E-state index in [1.165, 1.54) is 0 Å². The standard InChI is InChI=1S/C13H18N2O3S/c1-3-9(8-12(16)17)14-13(18)15-10-5-4-6-11(7-10)19-2/h4-7,9H,3,8H2,1-2H3,(H,16,17)(H2,14,15,18). The van der Waals surface area contributed by atoms with Gasteiger partial charge in [0.15, 0.2) is 0 Å². The van der Waals surface area contributed by atoms with Gasteiger partial charge in [-0.2, -0.15) is 0 Å². The van der Waals surface area contributed by atoms with Crippen LogP contribution < -0.4 is 10.6 Å². The van der Waals surface area contributed by atoms with E-state index < -0.39 is 5.97 Å². The molecular weight excluding hydrogens is 264 g/mol. The van der Waals surface area contributed by atoms with Gasteiger partial charge >= 0.3 is 12.0 Å². The van der Waals surface area contributed by atoms with Gasteiger partial charge in [-0.25, -0.2) is 4.79 Å². The first-order chi connectivity index (χ1) is 9.05. The number of carboxylic acids is 1. The molecule has 0 spiro atoms. The van der Waals surface area contributed by atoms with Gasteiger partial charge in [0.1, 0.15) is 0 Å². The second kappa shape index (κ2) is 7.68. The minimum Gasteiger partial charge on any atom is -0.481 e. The summed E-state index contributed by atoms with van der Waals surface area (Å²) in [5.74, 6) is -0.920. The number of aliphatic carboxylic acids is 1. The first-order valence-electron chi connectivity index (χ1n) is 5.98. The van der Waals surface area contributed by atoms with Crippen LogP contribution in [0, 0.1) is 0 Å². The Labute approximate surface area is 116 Å². The fraction of sp³-hybridized carbons (Fsp3) is 0.385. The van der Waals surface area contributed by atoms with Crippen molar-refractivity contribution in [2.45, 2.75) is 30.7 Å². The van der Waals surface area contributed by atoms with Crippen LogP contribution in [-0.4, -0.2) is 29.4 Å². The summed E-state index contributed by atoms with van der Waals surface area (Å²) in [5.41, 5.74) is 0.689. The number of thioether (sulfide) groups is 1. The molecule has 0 heterocycles. The van der Waals surface area contributed by atoms with Crippen LogP contribution in [0.5, 0.6) is 0 Å². The third kappa shape index (κ3) is 5.65. The van der Waals surface area contributed by atoms with Crippen LogP contribution in [0.4, 0.5) is 10.5 Å². The van der Waals surface area contributed by atoms with Crippen molar-refractivity contribution in [3.8, 4) is 0 Å². The molecule has 1 aromatic rings. The molecule has 5 nitrogen and oxygen atoms in total. The highest BCUT2D eigenvalue weighted by Gasteiger charge is 2.13. The number of carboxylic acid groups (broad SMARTS) is 1. The van der Waals surface area contributed by atoms with E-state index in [0.717, 1.165) is 4.90 Å². The normalized spacial score (nSPS) is 11.7. The molecule has 0 aliphatic rings. The zero-order chi connectivity index (χ0) is 14.3. The summed E-state index contributed by atoms with van der Waals surface area (Å²) in [7, 11) is 0. The minimum absolute atomic E-state index is 0.0746. The lowest BCUT2D eigenvalue weighted by atomic mass is 10.1. The second-order valence-electron chi connectivity index (χ2n) is 4.03. The maximum Gasteiger partial charge on any atom is 0.319 e. The van der Waals surface area contributed by atoms with Gasteiger partial charge in [-0.05, 0) is 30.9 Å². The smallest absolute Gasteiger partial charge is 0.319 e. The molecule has 1 atom stereocenters. The average molecular weight is 282 g/mol. The fourth-order valence-corrected chi connectivity index (χ4v) is 2.02. The quantitative estimate of drug-likeness (QED) is 0.701. The summed E-state index contributed by atoms with van der Waals surface area (Å²) in [4.78, 5) is 23.4. The van der Waals surface area contributed by atoms with Crippen LogP contribution >= 0.6 is 11.8 Å². The van der Waals surface area contributed by atoms with Crippen LogP contribution in [0.25, 0.3) is 0 Å². The largest absolute Gasteiger partial charge is 0.481 e. The molecule has 0 aliphatic carbocycles. The van der Waals surface area contributed by atoms with Gasteiger partial charge in [0.25, 0.3) is 0 Å². The highest BCUT2D eigenvalue weighted by Crippen LogP contribution is 2.18. The number of hydrogen-bond donors (Lipinski definition) is 3. The molecule has 0 saturated heterocycles. The molecule has 3 N–H and O–H groups in total. The highest BCUT2D eigenvalue weighted by molar-refractivity contribution is 7.98. The average Bonchev–Trinajstić information content (AvgIpc) is 2.37. The molecule has 104 valence electrons. The third-order valence-electron chi connectivity index (χ3n) is 2.58. The van der Waals surface area contributed by atoms with Gasteiger partial charge in [-0.3, -0.25) is 4.79 Å². The van der Waals surface area contributed by atoms with E-state index in [-0.39, 0.29) is 18.5 Å². The highest BCUT2D eigenvalue weighted by atomic mass is 32.2. The van der Waals surface area contributed by atoms with Crippen molar-refractivity contribution >= 4 is 29.4 Å². The lowest BCUT2D eigenvalue weighted by Crippen LogP contribution is -2.38. The summed E-state index contributed by atoms with van der Waals surface area (Å²) in [6.07, 6.45) is 2.46. The molecule has 0 radical (unpaired) electrons. The first-order valence-corrected chi connectivity index (χ1v) is 7.21. The monoisotopic (exact) mass is 282 g/mol. The SMILES string of the molecule is CCC(CC(=O)O)NC(=O)Nc1cccc(SC)c1. The second-order valence-corrected chi connectivity index (χ2v) is 4.91. The van der Waals surface area contributed by atoms with Crippen molar-refractivity contribution in [2.24, 2.45) is 0 Å². The molecule has 0 bridgehead atoms. The van der Waals surface area contributed by atoms with Gasteiger partial charge in [-0.1, -0.05) is 13.0 Å². The zero-order valence-corrected chi connectivity index (χ0v) is 11.8. The molecule has 19 heavy (non-hydrogen) atoms. The maximum absolute atomic E-state index is 11.7. The van der Waals surface area contributed by atoms with Crippen LogP contribution in [0.2, 0.25) is 0 Å². The molecule has 1 aromatic carbocycles. The molecule has 0 aliphatic heterocycles. The van der Waals surface area contributed by atoms with Crippen LogP contribution in [0.3, 0.4) is 0 Å². The van der Waals surface area contributed by atoms with E-state index >= 15 is 0 Å². The molecule has 0 saturated carbocycles. The van der Waals surface area contributed by atoms with Crippen molar-refractivity contribution in [3.05, 3.63) is 24.3 Å². The van der Waals surface area contributed by atoms with E-state index in [1.54, 1.807) is 17.8 Å². The lowest BCUT2D eigenvalue weighted by Gasteiger charge is -2.15. The molecule has 1 rings (SSSR count). The van der Waals surface area contributed by atoms with Crippen molar-refractivity contribution in [3.63, 3.8) is 0 Å². The zero-order valence-electron chi connectivity index (χ0n) is 11.0. The number of nitrogens with one attached hydrogen (secondary N) is 2. The maximum atomic E-state index is 11.7. The number of benzene rings is 1. The summed E-state index contributed by atoms with van der Waals surface area (Å²) in [5, 5.41) is 14.1. The summed E-state index contributed by atoms with van der Waals surface area (Å²) in [6.45, 7) is 1.84. The lowest BCUT2D eigenvalue weighted by molar-refractivity contribution is -0.137. The fourth-order valence-electron chi connectivity index (χ4n) is 1.56. The Morgan fingerprint density at radius 2 is 2.16 bits per heavy atom. The molecule has 0 fully saturated rings. The van der Waals surface area contributed by atoms with E-state index in [2.05, 4.69) is 10.6 Å². The van der Waals surface area contributed by atoms with Crippen LogP contribution in [0.15, 0.2) is 29.2 Å². The van der Waals surface area contributed by atoms with Crippen LogP contribution in [-0.2, 0) is 4.79 Å². The van der Waals surface area contributed by atoms with Crippen LogP contribution in [0.1, 0.15) is 19.8 Å². The Kier molecular flexibility index (Phi) is 6.21. The number of anilines is 1. The molecular formula is C13H18N2O3S. The molecule has 6 heteroatoms. The number of rotatable bonds is 6. The Hall–Kier alpha value is -1.69. The van der Waals surface area contributed by atoms with Gasteiger partial charge in [0.05, 0.1) is 6.42 Å². The van der Waals surface area contributed by atoms with Crippen molar-refractivity contribution in [1.82, 2.24) is 5.32 Å².